The summed E-state index contributed by atoms with van der Waals surface area (Å²) in [6.45, 7) is 2.97. The first-order valence-corrected chi connectivity index (χ1v) is 8.03. The van der Waals surface area contributed by atoms with Gasteiger partial charge in [0.2, 0.25) is 0 Å². The van der Waals surface area contributed by atoms with Gasteiger partial charge in [0.15, 0.2) is 4.75 Å². The predicted octanol–water partition coefficient (Wildman–Crippen LogP) is 4.34. The SMILES string of the molecule is CC1(C(F)(F)F)SC=NC1=O.CN[C@@H](C)c1ccc(Br)cc1. The van der Waals surface area contributed by atoms with Gasteiger partial charge in [0.25, 0.3) is 5.91 Å². The van der Waals surface area contributed by atoms with Crippen molar-refractivity contribution in [1.29, 1.82) is 0 Å². The molecule has 22 heavy (non-hydrogen) atoms. The third-order valence-corrected chi connectivity index (χ3v) is 4.83. The van der Waals surface area contributed by atoms with Crippen LogP contribution in [0.15, 0.2) is 33.7 Å². The third kappa shape index (κ3) is 4.57. The van der Waals surface area contributed by atoms with E-state index in [4.69, 9.17) is 0 Å². The lowest BCUT2D eigenvalue weighted by Gasteiger charge is -2.22. The van der Waals surface area contributed by atoms with E-state index >= 15 is 0 Å². The maximum absolute atomic E-state index is 12.1. The van der Waals surface area contributed by atoms with Gasteiger partial charge in [0.05, 0.1) is 5.55 Å². The molecule has 3 nitrogen and oxygen atoms in total. The molecule has 0 aliphatic carbocycles. The fourth-order valence-electron chi connectivity index (χ4n) is 1.46. The summed E-state index contributed by atoms with van der Waals surface area (Å²) >= 11 is 3.79. The summed E-state index contributed by atoms with van der Waals surface area (Å²) in [5, 5.41) is 3.19. The highest BCUT2D eigenvalue weighted by Crippen LogP contribution is 2.43. The van der Waals surface area contributed by atoms with E-state index in [0.717, 1.165) is 16.9 Å². The second-order valence-electron chi connectivity index (χ2n) is 4.75. The first-order valence-electron chi connectivity index (χ1n) is 6.36. The zero-order chi connectivity index (χ0) is 17.0. The Morgan fingerprint density at radius 2 is 1.86 bits per heavy atom. The summed E-state index contributed by atoms with van der Waals surface area (Å²) in [5.41, 5.74) is 2.24. The van der Waals surface area contributed by atoms with Crippen LogP contribution >= 0.6 is 27.7 Å². The number of alkyl halides is 3. The molecule has 0 bridgehead atoms. The van der Waals surface area contributed by atoms with Gasteiger partial charge in [-0.2, -0.15) is 13.2 Å². The van der Waals surface area contributed by atoms with Gasteiger partial charge in [-0.1, -0.05) is 39.8 Å². The molecule has 122 valence electrons. The Morgan fingerprint density at radius 1 is 1.32 bits per heavy atom. The topological polar surface area (TPSA) is 41.5 Å². The minimum atomic E-state index is -4.52. The molecule has 1 unspecified atom stereocenters. The monoisotopic (exact) mass is 396 g/mol. The highest BCUT2D eigenvalue weighted by molar-refractivity contribution is 9.10. The number of carbonyl (C=O) groups is 1. The third-order valence-electron chi connectivity index (χ3n) is 3.21. The van der Waals surface area contributed by atoms with Crippen LogP contribution in [0.5, 0.6) is 0 Å². The normalized spacial score (nSPS) is 22.2. The van der Waals surface area contributed by atoms with Crippen molar-refractivity contribution in [3.8, 4) is 0 Å². The zero-order valence-electron chi connectivity index (χ0n) is 12.2. The summed E-state index contributed by atoms with van der Waals surface area (Å²) in [4.78, 5) is 13.6. The highest BCUT2D eigenvalue weighted by atomic mass is 79.9. The average Bonchev–Trinajstić information content (AvgIpc) is 2.80. The fourth-order valence-corrected chi connectivity index (χ4v) is 2.37. The molecule has 0 saturated heterocycles. The van der Waals surface area contributed by atoms with Crippen molar-refractivity contribution in [3.05, 3.63) is 34.3 Å². The standard InChI is InChI=1S/C9H12BrN.C5H4F3NOS/c1-7(11-2)8-3-5-9(10)6-4-8;1-4(5(6,7)8)3(10)9-2-11-4/h3-7,11H,1-2H3;2H,1H3/t7-;/m0./s1. The first-order chi connectivity index (χ1) is 10.1. The van der Waals surface area contributed by atoms with E-state index in [1.165, 1.54) is 5.56 Å². The lowest BCUT2D eigenvalue weighted by molar-refractivity contribution is -0.165. The first kappa shape index (κ1) is 19.2. The number of rotatable bonds is 2. The van der Waals surface area contributed by atoms with Crippen LogP contribution in [-0.2, 0) is 4.79 Å². The van der Waals surface area contributed by atoms with Crippen LogP contribution in [0.3, 0.4) is 0 Å². The second kappa shape index (κ2) is 7.61. The van der Waals surface area contributed by atoms with Crippen LogP contribution in [0.1, 0.15) is 25.5 Å². The molecular weight excluding hydrogens is 381 g/mol. The van der Waals surface area contributed by atoms with Gasteiger partial charge < -0.3 is 5.32 Å². The predicted molar refractivity (Wildman–Crippen MR) is 87.2 cm³/mol. The van der Waals surface area contributed by atoms with Crippen molar-refractivity contribution in [1.82, 2.24) is 5.32 Å². The molecule has 1 heterocycles. The Hall–Kier alpha value is -0.860. The van der Waals surface area contributed by atoms with Crippen molar-refractivity contribution < 1.29 is 18.0 Å². The summed E-state index contributed by atoms with van der Waals surface area (Å²) in [6, 6.07) is 8.78. The van der Waals surface area contributed by atoms with Crippen LogP contribution in [0, 0.1) is 0 Å². The molecule has 1 aliphatic rings. The Kier molecular flexibility index (Phi) is 6.64. The van der Waals surface area contributed by atoms with E-state index < -0.39 is 16.8 Å². The van der Waals surface area contributed by atoms with E-state index in [9.17, 15) is 18.0 Å². The number of nitrogens with one attached hydrogen (secondary N) is 1. The average molecular weight is 397 g/mol. The Balaban J connectivity index is 0.000000220. The molecule has 0 saturated carbocycles. The number of hydrogen-bond acceptors (Lipinski definition) is 3. The summed E-state index contributed by atoms with van der Waals surface area (Å²) in [6.07, 6.45) is -4.52. The molecule has 1 amide bonds. The Bertz CT molecular complexity index is 548. The van der Waals surface area contributed by atoms with Gasteiger partial charge in [-0.05, 0) is 38.6 Å². The van der Waals surface area contributed by atoms with E-state index in [0.29, 0.717) is 17.8 Å². The largest absolute Gasteiger partial charge is 0.412 e. The van der Waals surface area contributed by atoms with E-state index in [1.807, 2.05) is 7.05 Å². The molecule has 2 atom stereocenters. The number of hydrogen-bond donors (Lipinski definition) is 1. The maximum atomic E-state index is 12.1. The number of halogens is 4. The maximum Gasteiger partial charge on any atom is 0.412 e. The van der Waals surface area contributed by atoms with Gasteiger partial charge in [0.1, 0.15) is 0 Å². The quantitative estimate of drug-likeness (QED) is 0.808. The van der Waals surface area contributed by atoms with Crippen molar-refractivity contribution >= 4 is 39.1 Å². The van der Waals surface area contributed by atoms with E-state index in [2.05, 4.69) is 57.4 Å². The molecule has 1 N–H and O–H groups in total. The zero-order valence-corrected chi connectivity index (χ0v) is 14.6. The molecule has 1 aliphatic heterocycles. The highest BCUT2D eigenvalue weighted by Gasteiger charge is 2.59. The van der Waals surface area contributed by atoms with Gasteiger partial charge in [-0.3, -0.25) is 4.79 Å². The minimum absolute atomic E-state index is 0.394. The fraction of sp³-hybridized carbons (Fsp3) is 0.429. The van der Waals surface area contributed by atoms with E-state index in [1.54, 1.807) is 0 Å². The molecule has 8 heteroatoms. The van der Waals surface area contributed by atoms with Crippen LogP contribution in [0.4, 0.5) is 13.2 Å². The van der Waals surface area contributed by atoms with Crippen LogP contribution < -0.4 is 5.32 Å². The van der Waals surface area contributed by atoms with Crippen molar-refractivity contribution in [2.24, 2.45) is 4.99 Å². The van der Waals surface area contributed by atoms with Gasteiger partial charge in [-0.25, -0.2) is 4.99 Å². The number of aliphatic imine (C=N–C) groups is 1. The van der Waals surface area contributed by atoms with Crippen LogP contribution in [0.2, 0.25) is 0 Å². The Labute approximate surface area is 139 Å². The molecule has 0 spiro atoms. The molecule has 1 aromatic rings. The summed E-state index contributed by atoms with van der Waals surface area (Å²) in [5.74, 6) is -1.13. The molecule has 0 aromatic heterocycles. The molecular formula is C14H16BrF3N2OS. The molecule has 0 radical (unpaired) electrons. The van der Waals surface area contributed by atoms with Gasteiger partial charge in [0, 0.05) is 10.5 Å². The number of nitrogens with zero attached hydrogens (tertiary/aromatic N) is 1. The molecule has 2 rings (SSSR count). The van der Waals surface area contributed by atoms with Gasteiger partial charge >= 0.3 is 6.18 Å². The lowest BCUT2D eigenvalue weighted by atomic mass is 10.1. The summed E-state index contributed by atoms with van der Waals surface area (Å²) in [7, 11) is 1.96. The number of carbonyl (C=O) groups excluding carboxylic acids is 1. The molecule has 0 fully saturated rings. The van der Waals surface area contributed by atoms with Crippen molar-refractivity contribution in [2.75, 3.05) is 7.05 Å². The lowest BCUT2D eigenvalue weighted by Crippen LogP contribution is -2.43. The van der Waals surface area contributed by atoms with Crippen LogP contribution in [-0.4, -0.2) is 29.4 Å². The van der Waals surface area contributed by atoms with Crippen LogP contribution in [0.25, 0.3) is 0 Å². The van der Waals surface area contributed by atoms with Crippen molar-refractivity contribution in [3.63, 3.8) is 0 Å². The van der Waals surface area contributed by atoms with Gasteiger partial charge in [-0.15, -0.1) is 0 Å². The summed E-state index contributed by atoms with van der Waals surface area (Å²) < 4.78 is 35.0. The smallest absolute Gasteiger partial charge is 0.313 e. The Morgan fingerprint density at radius 3 is 2.18 bits per heavy atom. The second-order valence-corrected chi connectivity index (χ2v) is 6.93. The number of benzene rings is 1. The van der Waals surface area contributed by atoms with E-state index in [-0.39, 0.29) is 0 Å². The van der Waals surface area contributed by atoms with Crippen molar-refractivity contribution in [2.45, 2.75) is 30.8 Å². The minimum Gasteiger partial charge on any atom is -0.313 e. The number of thioether (sulfide) groups is 1. The molecule has 1 aromatic carbocycles. The number of amides is 1.